The number of amides is 1. The molecule has 1 N–H and O–H groups in total. The highest BCUT2D eigenvalue weighted by Crippen LogP contribution is 2.38. The molecule has 15 heavy (non-hydrogen) atoms. The average Bonchev–Trinajstić information content (AvgIpc) is 2.80. The minimum Gasteiger partial charge on any atom is -0.353 e. The highest BCUT2D eigenvalue weighted by atomic mass is 79.9. The van der Waals surface area contributed by atoms with Crippen molar-refractivity contribution in [3.05, 3.63) is 0 Å². The number of hydrogen-bond acceptors (Lipinski definition) is 1. The molecule has 1 saturated carbocycles. The molecule has 0 aromatic heterocycles. The quantitative estimate of drug-likeness (QED) is 0.786. The van der Waals surface area contributed by atoms with Gasteiger partial charge in [0.05, 0.1) is 0 Å². The van der Waals surface area contributed by atoms with Crippen molar-refractivity contribution in [2.24, 2.45) is 17.3 Å². The molecule has 1 aliphatic rings. The van der Waals surface area contributed by atoms with Gasteiger partial charge < -0.3 is 5.32 Å². The molecule has 2 nitrogen and oxygen atoms in total. The number of alkyl halides is 1. The number of halogens is 1. The fourth-order valence-electron chi connectivity index (χ4n) is 1.80. The van der Waals surface area contributed by atoms with Gasteiger partial charge in [-0.05, 0) is 24.2 Å². The van der Waals surface area contributed by atoms with Gasteiger partial charge in [-0.3, -0.25) is 4.79 Å². The van der Waals surface area contributed by atoms with Crippen molar-refractivity contribution in [1.29, 1.82) is 0 Å². The molecule has 0 heterocycles. The van der Waals surface area contributed by atoms with E-state index in [9.17, 15) is 4.79 Å². The van der Waals surface area contributed by atoms with Crippen LogP contribution in [0.1, 0.15) is 40.5 Å². The minimum absolute atomic E-state index is 0.140. The van der Waals surface area contributed by atoms with Crippen LogP contribution >= 0.6 is 15.9 Å². The summed E-state index contributed by atoms with van der Waals surface area (Å²) in [4.78, 5) is 11.8. The SMILES string of the molecule is CC1CC1C(=O)NC(CCBr)C(C)(C)C. The number of rotatable bonds is 4. The van der Waals surface area contributed by atoms with Crippen LogP contribution < -0.4 is 5.32 Å². The Balaban J connectivity index is 2.47. The standard InChI is InChI=1S/C12H22BrNO/c1-8-7-9(8)11(15)14-10(5-6-13)12(2,3)4/h8-10H,5-7H2,1-4H3,(H,14,15). The van der Waals surface area contributed by atoms with Gasteiger partial charge in [0, 0.05) is 17.3 Å². The highest BCUT2D eigenvalue weighted by Gasteiger charge is 2.40. The molecule has 3 unspecified atom stereocenters. The van der Waals surface area contributed by atoms with E-state index in [2.05, 4.69) is 48.9 Å². The molecule has 1 rings (SSSR count). The van der Waals surface area contributed by atoms with Gasteiger partial charge in [0.15, 0.2) is 0 Å². The first-order valence-electron chi connectivity index (χ1n) is 5.72. The fraction of sp³-hybridized carbons (Fsp3) is 0.917. The summed E-state index contributed by atoms with van der Waals surface area (Å²) >= 11 is 3.45. The number of nitrogens with one attached hydrogen (secondary N) is 1. The van der Waals surface area contributed by atoms with Gasteiger partial charge in [-0.2, -0.15) is 0 Å². The second-order valence-electron chi connectivity index (χ2n) is 5.72. The summed E-state index contributed by atoms with van der Waals surface area (Å²) in [6, 6.07) is 0.275. The van der Waals surface area contributed by atoms with Crippen molar-refractivity contribution in [3.63, 3.8) is 0 Å². The van der Waals surface area contributed by atoms with E-state index in [0.29, 0.717) is 5.92 Å². The van der Waals surface area contributed by atoms with Crippen LogP contribution in [0.15, 0.2) is 0 Å². The minimum atomic E-state index is 0.140. The Kier molecular flexibility index (Phi) is 4.21. The normalized spacial score (nSPS) is 27.3. The zero-order valence-corrected chi connectivity index (χ0v) is 11.7. The number of hydrogen-bond donors (Lipinski definition) is 1. The molecule has 0 aromatic rings. The molecule has 88 valence electrons. The zero-order chi connectivity index (χ0) is 11.6. The van der Waals surface area contributed by atoms with Crippen LogP contribution in [0.3, 0.4) is 0 Å². The molecule has 3 atom stereocenters. The summed E-state index contributed by atoms with van der Waals surface area (Å²) in [6.45, 7) is 8.67. The van der Waals surface area contributed by atoms with Gasteiger partial charge in [-0.15, -0.1) is 0 Å². The Hall–Kier alpha value is -0.0500. The molecule has 1 aliphatic carbocycles. The molecule has 1 amide bonds. The van der Waals surface area contributed by atoms with Crippen molar-refractivity contribution in [2.75, 3.05) is 5.33 Å². The largest absolute Gasteiger partial charge is 0.353 e. The van der Waals surface area contributed by atoms with Crippen molar-refractivity contribution in [3.8, 4) is 0 Å². The van der Waals surface area contributed by atoms with Gasteiger partial charge in [0.1, 0.15) is 0 Å². The Bertz CT molecular complexity index is 234. The summed E-state index contributed by atoms with van der Waals surface area (Å²) in [5.41, 5.74) is 0.140. The van der Waals surface area contributed by atoms with Gasteiger partial charge in [-0.1, -0.05) is 43.6 Å². The Morgan fingerprint density at radius 2 is 2.07 bits per heavy atom. The van der Waals surface area contributed by atoms with Crippen molar-refractivity contribution in [1.82, 2.24) is 5.32 Å². The molecule has 0 spiro atoms. The average molecular weight is 276 g/mol. The Morgan fingerprint density at radius 3 is 2.40 bits per heavy atom. The topological polar surface area (TPSA) is 29.1 Å². The third-order valence-corrected chi connectivity index (χ3v) is 3.66. The summed E-state index contributed by atoms with van der Waals surface area (Å²) in [5, 5.41) is 4.12. The number of carbonyl (C=O) groups excluding carboxylic acids is 1. The van der Waals surface area contributed by atoms with Crippen LogP contribution in [0.4, 0.5) is 0 Å². The van der Waals surface area contributed by atoms with Crippen molar-refractivity contribution in [2.45, 2.75) is 46.6 Å². The maximum absolute atomic E-state index is 11.8. The zero-order valence-electron chi connectivity index (χ0n) is 10.1. The lowest BCUT2D eigenvalue weighted by molar-refractivity contribution is -0.124. The molecule has 0 radical (unpaired) electrons. The first kappa shape index (κ1) is 13.0. The van der Waals surface area contributed by atoms with E-state index in [-0.39, 0.29) is 23.3 Å². The first-order valence-corrected chi connectivity index (χ1v) is 6.84. The van der Waals surface area contributed by atoms with Crippen molar-refractivity contribution >= 4 is 21.8 Å². The monoisotopic (exact) mass is 275 g/mol. The van der Waals surface area contributed by atoms with Crippen LogP contribution in [0.5, 0.6) is 0 Å². The van der Waals surface area contributed by atoms with Crippen molar-refractivity contribution < 1.29 is 4.79 Å². The highest BCUT2D eigenvalue weighted by molar-refractivity contribution is 9.09. The molecule has 0 aromatic carbocycles. The van der Waals surface area contributed by atoms with E-state index in [4.69, 9.17) is 0 Å². The maximum Gasteiger partial charge on any atom is 0.223 e. The smallest absolute Gasteiger partial charge is 0.223 e. The summed E-state index contributed by atoms with van der Waals surface area (Å²) in [5.74, 6) is 1.13. The second-order valence-corrected chi connectivity index (χ2v) is 6.52. The van der Waals surface area contributed by atoms with E-state index >= 15 is 0 Å². The molecule has 0 saturated heterocycles. The maximum atomic E-state index is 11.8. The van der Waals surface area contributed by atoms with Gasteiger partial charge in [0.2, 0.25) is 5.91 Å². The van der Waals surface area contributed by atoms with Crippen LogP contribution in [-0.4, -0.2) is 17.3 Å². The van der Waals surface area contributed by atoms with Gasteiger partial charge in [0.25, 0.3) is 0 Å². The van der Waals surface area contributed by atoms with E-state index in [1.807, 2.05) is 0 Å². The van der Waals surface area contributed by atoms with Crippen LogP contribution in [0, 0.1) is 17.3 Å². The van der Waals surface area contributed by atoms with Crippen LogP contribution in [0.25, 0.3) is 0 Å². The van der Waals surface area contributed by atoms with Crippen LogP contribution in [-0.2, 0) is 4.79 Å². The molecule has 3 heteroatoms. The predicted molar refractivity (Wildman–Crippen MR) is 67.1 cm³/mol. The molecule has 0 aliphatic heterocycles. The lowest BCUT2D eigenvalue weighted by Crippen LogP contribution is -2.44. The molecule has 1 fully saturated rings. The lowest BCUT2D eigenvalue weighted by atomic mass is 9.85. The van der Waals surface area contributed by atoms with Gasteiger partial charge >= 0.3 is 0 Å². The van der Waals surface area contributed by atoms with E-state index < -0.39 is 0 Å². The second kappa shape index (κ2) is 4.86. The van der Waals surface area contributed by atoms with Gasteiger partial charge in [-0.25, -0.2) is 0 Å². The lowest BCUT2D eigenvalue weighted by Gasteiger charge is -2.31. The van der Waals surface area contributed by atoms with E-state index in [1.165, 1.54) is 0 Å². The Labute approximate surface area is 101 Å². The third-order valence-electron chi connectivity index (χ3n) is 3.21. The Morgan fingerprint density at radius 1 is 1.53 bits per heavy atom. The van der Waals surface area contributed by atoms with Crippen LogP contribution in [0.2, 0.25) is 0 Å². The summed E-state index contributed by atoms with van der Waals surface area (Å²) in [7, 11) is 0. The summed E-state index contributed by atoms with van der Waals surface area (Å²) in [6.07, 6.45) is 2.06. The third kappa shape index (κ3) is 3.78. The summed E-state index contributed by atoms with van der Waals surface area (Å²) < 4.78 is 0. The molecule has 0 bridgehead atoms. The van der Waals surface area contributed by atoms with E-state index in [0.717, 1.165) is 18.2 Å². The number of carbonyl (C=O) groups is 1. The molecular formula is C12H22BrNO. The fourth-order valence-corrected chi connectivity index (χ4v) is 2.25. The first-order chi connectivity index (χ1) is 6.86. The molecular weight excluding hydrogens is 254 g/mol. The van der Waals surface area contributed by atoms with E-state index in [1.54, 1.807) is 0 Å². The predicted octanol–water partition coefficient (Wildman–Crippen LogP) is 2.96.